The van der Waals surface area contributed by atoms with E-state index in [-0.39, 0.29) is 0 Å². The average molecular weight is 491 g/mol. The number of benzene rings is 4. The normalized spacial score (nSPS) is 11.2. The van der Waals surface area contributed by atoms with Gasteiger partial charge >= 0.3 is 0 Å². The molecule has 0 atom stereocenters. The molecular weight excluding hydrogens is 467 g/mol. The van der Waals surface area contributed by atoms with Gasteiger partial charge in [-0.3, -0.25) is 0 Å². The van der Waals surface area contributed by atoms with Crippen molar-refractivity contribution in [3.63, 3.8) is 0 Å². The Morgan fingerprint density at radius 3 is 2.50 bits per heavy atom. The van der Waals surface area contributed by atoms with E-state index in [0.717, 1.165) is 47.4 Å². The van der Waals surface area contributed by atoms with E-state index in [1.807, 2.05) is 42.5 Å². The molecule has 0 fully saturated rings. The van der Waals surface area contributed by atoms with E-state index in [4.69, 9.17) is 37.7 Å². The smallest absolute Gasteiger partial charge is 0.147 e. The topological polar surface area (TPSA) is 36.3 Å². The number of hydrogen-bond acceptors (Lipinski definition) is 3. The molecule has 0 unspecified atom stereocenters. The van der Waals surface area contributed by atoms with Crippen molar-refractivity contribution in [3.8, 4) is 11.5 Å². The third-order valence-electron chi connectivity index (χ3n) is 5.77. The van der Waals surface area contributed by atoms with Gasteiger partial charge in [0.1, 0.15) is 23.9 Å². The summed E-state index contributed by atoms with van der Waals surface area (Å²) in [4.78, 5) is 4.79. The zero-order valence-corrected chi connectivity index (χ0v) is 20.1. The lowest BCUT2D eigenvalue weighted by Crippen LogP contribution is -2.09. The number of ether oxygens (including phenoxy) is 2. The van der Waals surface area contributed by atoms with Crippen LogP contribution in [-0.2, 0) is 13.2 Å². The molecule has 0 saturated carbocycles. The fourth-order valence-corrected chi connectivity index (χ4v) is 4.56. The molecule has 4 aromatic carbocycles. The first-order valence-electron chi connectivity index (χ1n) is 11.3. The van der Waals surface area contributed by atoms with Crippen molar-refractivity contribution in [2.45, 2.75) is 26.0 Å². The minimum absolute atomic E-state index is 0.322. The third-order valence-corrected chi connectivity index (χ3v) is 6.30. The standard InChI is InChI=1S/C28H24Cl2N2O2/c29-21-14-15-27(23(30)18-21)34-19-28-31-24-11-3-4-12-25(24)32(28)16-5-6-17-33-26-13-7-9-20-8-1-2-10-22(20)26/h1-4,7-15,18H,5-6,16-17,19H2. The van der Waals surface area contributed by atoms with Crippen molar-refractivity contribution < 1.29 is 9.47 Å². The third kappa shape index (κ3) is 4.98. The van der Waals surface area contributed by atoms with Crippen molar-refractivity contribution in [1.29, 1.82) is 0 Å². The van der Waals surface area contributed by atoms with Gasteiger partial charge in [0.15, 0.2) is 0 Å². The van der Waals surface area contributed by atoms with Crippen LogP contribution < -0.4 is 9.47 Å². The summed E-state index contributed by atoms with van der Waals surface area (Å²) in [5, 5.41) is 3.40. The number of nitrogens with zero attached hydrogens (tertiary/aromatic N) is 2. The summed E-state index contributed by atoms with van der Waals surface area (Å²) in [5.41, 5.74) is 2.05. The molecule has 0 bridgehead atoms. The van der Waals surface area contributed by atoms with Gasteiger partial charge in [-0.05, 0) is 54.6 Å². The van der Waals surface area contributed by atoms with Gasteiger partial charge in [0, 0.05) is 17.0 Å². The molecule has 0 aliphatic rings. The van der Waals surface area contributed by atoms with Crippen LogP contribution in [0.4, 0.5) is 0 Å². The Hall–Kier alpha value is -3.21. The Morgan fingerprint density at radius 1 is 0.765 bits per heavy atom. The first-order valence-corrected chi connectivity index (χ1v) is 12.1. The number of rotatable bonds is 9. The summed E-state index contributed by atoms with van der Waals surface area (Å²) in [5.74, 6) is 2.38. The molecule has 5 aromatic rings. The van der Waals surface area contributed by atoms with Crippen molar-refractivity contribution in [1.82, 2.24) is 9.55 Å². The summed E-state index contributed by atoms with van der Waals surface area (Å²) in [6.07, 6.45) is 1.89. The predicted octanol–water partition coefficient (Wildman–Crippen LogP) is 7.93. The first kappa shape index (κ1) is 22.6. The minimum atomic E-state index is 0.322. The zero-order valence-electron chi connectivity index (χ0n) is 18.6. The molecule has 0 amide bonds. The van der Waals surface area contributed by atoms with Gasteiger partial charge in [-0.2, -0.15) is 0 Å². The number of imidazole rings is 1. The maximum absolute atomic E-state index is 6.27. The molecule has 0 N–H and O–H groups in total. The lowest BCUT2D eigenvalue weighted by molar-refractivity contribution is 0.286. The van der Waals surface area contributed by atoms with Gasteiger partial charge in [-0.15, -0.1) is 0 Å². The second kappa shape index (κ2) is 10.4. The molecular formula is C28H24Cl2N2O2. The van der Waals surface area contributed by atoms with E-state index < -0.39 is 0 Å². The summed E-state index contributed by atoms with van der Waals surface area (Å²) in [6.45, 7) is 1.81. The number of hydrogen-bond donors (Lipinski definition) is 0. The van der Waals surface area contributed by atoms with Gasteiger partial charge in [0.2, 0.25) is 0 Å². The summed E-state index contributed by atoms with van der Waals surface area (Å²) in [6, 6.07) is 27.8. The van der Waals surface area contributed by atoms with E-state index in [0.29, 0.717) is 29.0 Å². The Kier molecular flexibility index (Phi) is 6.89. The summed E-state index contributed by atoms with van der Waals surface area (Å²) >= 11 is 12.3. The molecule has 0 spiro atoms. The minimum Gasteiger partial charge on any atom is -0.493 e. The van der Waals surface area contributed by atoms with E-state index >= 15 is 0 Å². The van der Waals surface area contributed by atoms with Crippen LogP contribution in [0.3, 0.4) is 0 Å². The van der Waals surface area contributed by atoms with Crippen LogP contribution in [0.1, 0.15) is 18.7 Å². The van der Waals surface area contributed by atoms with Crippen LogP contribution in [0.15, 0.2) is 84.9 Å². The number of para-hydroxylation sites is 2. The van der Waals surface area contributed by atoms with Crippen molar-refractivity contribution in [2.24, 2.45) is 0 Å². The number of aromatic nitrogens is 2. The molecule has 5 rings (SSSR count). The zero-order chi connectivity index (χ0) is 23.3. The Morgan fingerprint density at radius 2 is 1.59 bits per heavy atom. The van der Waals surface area contributed by atoms with E-state index in [9.17, 15) is 0 Å². The van der Waals surface area contributed by atoms with Crippen molar-refractivity contribution >= 4 is 45.0 Å². The largest absolute Gasteiger partial charge is 0.493 e. The number of aryl methyl sites for hydroxylation is 1. The highest BCUT2D eigenvalue weighted by Gasteiger charge is 2.12. The van der Waals surface area contributed by atoms with Gasteiger partial charge in [0.05, 0.1) is 22.7 Å². The molecule has 0 aliphatic carbocycles. The Balaban J connectivity index is 1.24. The Labute approximate surface area is 208 Å². The van der Waals surface area contributed by atoms with E-state index in [2.05, 4.69) is 28.8 Å². The Bertz CT molecular complexity index is 1430. The fraction of sp³-hybridized carbons (Fsp3) is 0.179. The van der Waals surface area contributed by atoms with Gasteiger partial charge < -0.3 is 14.0 Å². The number of halogens is 2. The van der Waals surface area contributed by atoms with Gasteiger partial charge in [-0.25, -0.2) is 4.98 Å². The van der Waals surface area contributed by atoms with Crippen molar-refractivity contribution in [3.05, 3.63) is 101 Å². The van der Waals surface area contributed by atoms with Gasteiger partial charge in [0.25, 0.3) is 0 Å². The average Bonchev–Trinajstić information content (AvgIpc) is 3.21. The summed E-state index contributed by atoms with van der Waals surface area (Å²) in [7, 11) is 0. The predicted molar refractivity (Wildman–Crippen MR) is 139 cm³/mol. The molecule has 0 aliphatic heterocycles. The molecule has 0 saturated heterocycles. The second-order valence-corrected chi connectivity index (χ2v) is 8.91. The van der Waals surface area contributed by atoms with Crippen LogP contribution in [-0.4, -0.2) is 16.2 Å². The number of fused-ring (bicyclic) bond motifs is 2. The summed E-state index contributed by atoms with van der Waals surface area (Å²) < 4.78 is 14.3. The molecule has 4 nitrogen and oxygen atoms in total. The van der Waals surface area contributed by atoms with Crippen molar-refractivity contribution in [2.75, 3.05) is 6.61 Å². The molecule has 0 radical (unpaired) electrons. The fourth-order valence-electron chi connectivity index (χ4n) is 4.10. The molecule has 172 valence electrons. The van der Waals surface area contributed by atoms with Crippen LogP contribution >= 0.6 is 23.2 Å². The highest BCUT2D eigenvalue weighted by Crippen LogP contribution is 2.29. The lowest BCUT2D eigenvalue weighted by Gasteiger charge is -2.12. The number of unbranched alkanes of at least 4 members (excludes halogenated alkanes) is 1. The highest BCUT2D eigenvalue weighted by atomic mass is 35.5. The van der Waals surface area contributed by atoms with Crippen LogP contribution in [0.25, 0.3) is 21.8 Å². The molecule has 6 heteroatoms. The van der Waals surface area contributed by atoms with Crippen LogP contribution in [0, 0.1) is 0 Å². The lowest BCUT2D eigenvalue weighted by atomic mass is 10.1. The SMILES string of the molecule is Clc1ccc(OCc2nc3ccccc3n2CCCCOc2cccc3ccccc23)c(Cl)c1. The second-order valence-electron chi connectivity index (χ2n) is 8.06. The molecule has 1 aromatic heterocycles. The maximum atomic E-state index is 6.27. The highest BCUT2D eigenvalue weighted by molar-refractivity contribution is 6.35. The van der Waals surface area contributed by atoms with Gasteiger partial charge in [-0.1, -0.05) is 71.7 Å². The van der Waals surface area contributed by atoms with E-state index in [1.165, 1.54) is 5.39 Å². The van der Waals surface area contributed by atoms with E-state index in [1.54, 1.807) is 18.2 Å². The quantitative estimate of drug-likeness (QED) is 0.197. The van der Waals surface area contributed by atoms with Crippen LogP contribution in [0.5, 0.6) is 11.5 Å². The molecule has 34 heavy (non-hydrogen) atoms. The first-order chi connectivity index (χ1) is 16.7. The maximum Gasteiger partial charge on any atom is 0.147 e. The molecule has 1 heterocycles. The monoisotopic (exact) mass is 490 g/mol. The van der Waals surface area contributed by atoms with Crippen LogP contribution in [0.2, 0.25) is 10.0 Å².